The number of hydrogen-bond donors (Lipinski definition) is 2. The average molecular weight is 234 g/mol. The van der Waals surface area contributed by atoms with E-state index in [4.69, 9.17) is 5.73 Å². The zero-order valence-corrected chi connectivity index (χ0v) is 9.75. The molecule has 0 bridgehead atoms. The Hall–Kier alpha value is -1.39. The van der Waals surface area contributed by atoms with Crippen LogP contribution in [0.25, 0.3) is 0 Å². The first-order valence-corrected chi connectivity index (χ1v) is 5.95. The number of carbonyl (C=O) groups is 1. The van der Waals surface area contributed by atoms with Gasteiger partial charge in [0.15, 0.2) is 0 Å². The molecule has 0 radical (unpaired) electrons. The van der Waals surface area contributed by atoms with Gasteiger partial charge < -0.3 is 10.8 Å². The lowest BCUT2D eigenvalue weighted by atomic mass is 10.0. The number of hydrogen-bond acceptors (Lipinski definition) is 3. The van der Waals surface area contributed by atoms with Crippen molar-refractivity contribution in [3.8, 4) is 0 Å². The van der Waals surface area contributed by atoms with Crippen molar-refractivity contribution in [1.29, 1.82) is 0 Å². The molecule has 0 saturated carbocycles. The van der Waals surface area contributed by atoms with Crippen molar-refractivity contribution in [2.24, 2.45) is 5.73 Å². The number of nitrogens with two attached hydrogens (primary N) is 1. The zero-order valence-electron chi connectivity index (χ0n) is 9.75. The fourth-order valence-corrected chi connectivity index (χ4v) is 2.33. The minimum Gasteiger partial charge on any atom is -0.393 e. The molecule has 1 aliphatic heterocycles. The van der Waals surface area contributed by atoms with E-state index in [1.165, 1.54) is 0 Å². The molecule has 2 rings (SSSR count). The Morgan fingerprint density at radius 1 is 1.29 bits per heavy atom. The van der Waals surface area contributed by atoms with Gasteiger partial charge in [-0.05, 0) is 18.4 Å². The van der Waals surface area contributed by atoms with Gasteiger partial charge in [0.2, 0.25) is 5.91 Å². The number of nitrogens with zero attached hydrogens (tertiary/aromatic N) is 1. The summed E-state index contributed by atoms with van der Waals surface area (Å²) in [4.78, 5) is 13.6. The van der Waals surface area contributed by atoms with Gasteiger partial charge in [-0.15, -0.1) is 0 Å². The minimum absolute atomic E-state index is 0.240. The SMILES string of the molecule is NC(=O)[C@H](c1ccccc1)N1CCC(O)CC1. The summed E-state index contributed by atoms with van der Waals surface area (Å²) in [7, 11) is 0. The van der Waals surface area contributed by atoms with Crippen molar-refractivity contribution in [2.45, 2.75) is 25.0 Å². The third-order valence-corrected chi connectivity index (χ3v) is 3.25. The van der Waals surface area contributed by atoms with Crippen LogP contribution in [0.1, 0.15) is 24.4 Å². The Morgan fingerprint density at radius 2 is 1.88 bits per heavy atom. The van der Waals surface area contributed by atoms with E-state index in [0.29, 0.717) is 25.9 Å². The van der Waals surface area contributed by atoms with Gasteiger partial charge in [0, 0.05) is 13.1 Å². The van der Waals surface area contributed by atoms with Crippen molar-refractivity contribution >= 4 is 5.91 Å². The van der Waals surface area contributed by atoms with E-state index in [9.17, 15) is 9.90 Å². The highest BCUT2D eigenvalue weighted by Crippen LogP contribution is 2.24. The molecular formula is C13H18N2O2. The molecule has 1 atom stereocenters. The van der Waals surface area contributed by atoms with Crippen LogP contribution in [-0.4, -0.2) is 35.1 Å². The summed E-state index contributed by atoms with van der Waals surface area (Å²) in [6, 6.07) is 9.19. The topological polar surface area (TPSA) is 66.6 Å². The second-order valence-corrected chi connectivity index (χ2v) is 4.48. The zero-order chi connectivity index (χ0) is 12.3. The van der Waals surface area contributed by atoms with Gasteiger partial charge in [-0.1, -0.05) is 30.3 Å². The van der Waals surface area contributed by atoms with E-state index in [2.05, 4.69) is 0 Å². The number of aliphatic hydroxyl groups excluding tert-OH is 1. The molecule has 1 saturated heterocycles. The van der Waals surface area contributed by atoms with Gasteiger partial charge in [-0.3, -0.25) is 9.69 Å². The van der Waals surface area contributed by atoms with Gasteiger partial charge in [-0.25, -0.2) is 0 Å². The fraction of sp³-hybridized carbons (Fsp3) is 0.462. The van der Waals surface area contributed by atoms with Gasteiger partial charge in [0.05, 0.1) is 6.10 Å². The van der Waals surface area contributed by atoms with E-state index < -0.39 is 0 Å². The monoisotopic (exact) mass is 234 g/mol. The maximum Gasteiger partial charge on any atom is 0.239 e. The summed E-state index contributed by atoms with van der Waals surface area (Å²) in [6.45, 7) is 1.42. The Morgan fingerprint density at radius 3 is 2.41 bits per heavy atom. The third-order valence-electron chi connectivity index (χ3n) is 3.25. The Bertz CT molecular complexity index is 372. The molecule has 1 amide bonds. The number of aliphatic hydroxyl groups is 1. The number of benzene rings is 1. The highest BCUT2D eigenvalue weighted by Gasteiger charge is 2.28. The van der Waals surface area contributed by atoms with Crippen LogP contribution in [0.2, 0.25) is 0 Å². The number of amides is 1. The second-order valence-electron chi connectivity index (χ2n) is 4.48. The summed E-state index contributed by atoms with van der Waals surface area (Å²) < 4.78 is 0. The van der Waals surface area contributed by atoms with E-state index in [1.807, 2.05) is 35.2 Å². The molecule has 1 aromatic rings. The van der Waals surface area contributed by atoms with Gasteiger partial charge in [0.25, 0.3) is 0 Å². The van der Waals surface area contributed by atoms with Crippen LogP contribution in [0.4, 0.5) is 0 Å². The first kappa shape index (κ1) is 12.1. The Labute approximate surface area is 101 Å². The molecule has 1 heterocycles. The lowest BCUT2D eigenvalue weighted by molar-refractivity contribution is -0.124. The predicted octanol–water partition coefficient (Wildman–Crippen LogP) is 0.670. The van der Waals surface area contributed by atoms with Crippen molar-refractivity contribution in [1.82, 2.24) is 4.90 Å². The molecule has 92 valence electrons. The summed E-state index contributed by atoms with van der Waals surface area (Å²) in [5.41, 5.74) is 6.42. The summed E-state index contributed by atoms with van der Waals surface area (Å²) >= 11 is 0. The van der Waals surface area contributed by atoms with Crippen LogP contribution in [-0.2, 0) is 4.79 Å². The van der Waals surface area contributed by atoms with E-state index in [0.717, 1.165) is 5.56 Å². The molecule has 17 heavy (non-hydrogen) atoms. The van der Waals surface area contributed by atoms with Gasteiger partial charge >= 0.3 is 0 Å². The van der Waals surface area contributed by atoms with Crippen molar-refractivity contribution < 1.29 is 9.90 Å². The fourth-order valence-electron chi connectivity index (χ4n) is 2.33. The molecule has 3 N–H and O–H groups in total. The largest absolute Gasteiger partial charge is 0.393 e. The lowest BCUT2D eigenvalue weighted by Gasteiger charge is -2.34. The van der Waals surface area contributed by atoms with Crippen molar-refractivity contribution in [2.75, 3.05) is 13.1 Å². The maximum absolute atomic E-state index is 11.6. The third kappa shape index (κ3) is 2.84. The molecule has 1 aromatic carbocycles. The highest BCUT2D eigenvalue weighted by atomic mass is 16.3. The van der Waals surface area contributed by atoms with E-state index in [-0.39, 0.29) is 18.1 Å². The second kappa shape index (κ2) is 5.29. The minimum atomic E-state index is -0.372. The quantitative estimate of drug-likeness (QED) is 0.807. The molecule has 4 heteroatoms. The summed E-state index contributed by atoms with van der Waals surface area (Å²) in [5, 5.41) is 9.48. The number of carbonyl (C=O) groups excluding carboxylic acids is 1. The lowest BCUT2D eigenvalue weighted by Crippen LogP contribution is -2.43. The van der Waals surface area contributed by atoms with Crippen LogP contribution in [0, 0.1) is 0 Å². The normalized spacial score (nSPS) is 20.1. The molecule has 0 spiro atoms. The Kier molecular flexibility index (Phi) is 3.76. The van der Waals surface area contributed by atoms with Crippen LogP contribution in [0.5, 0.6) is 0 Å². The van der Waals surface area contributed by atoms with Crippen LogP contribution < -0.4 is 5.73 Å². The van der Waals surface area contributed by atoms with Crippen LogP contribution in [0.15, 0.2) is 30.3 Å². The number of rotatable bonds is 3. The predicted molar refractivity (Wildman–Crippen MR) is 65.2 cm³/mol. The standard InChI is InChI=1S/C13H18N2O2/c14-13(17)12(10-4-2-1-3-5-10)15-8-6-11(16)7-9-15/h1-5,11-12,16H,6-9H2,(H2,14,17)/t12-/m0/s1. The van der Waals surface area contributed by atoms with E-state index in [1.54, 1.807) is 0 Å². The smallest absolute Gasteiger partial charge is 0.239 e. The number of piperidine rings is 1. The van der Waals surface area contributed by atoms with Crippen molar-refractivity contribution in [3.63, 3.8) is 0 Å². The summed E-state index contributed by atoms with van der Waals surface area (Å²) in [5.74, 6) is -0.326. The summed E-state index contributed by atoms with van der Waals surface area (Å²) in [6.07, 6.45) is 1.17. The first-order chi connectivity index (χ1) is 8.18. The van der Waals surface area contributed by atoms with E-state index >= 15 is 0 Å². The molecule has 4 nitrogen and oxygen atoms in total. The maximum atomic E-state index is 11.6. The molecule has 1 aliphatic rings. The molecule has 0 aliphatic carbocycles. The molecule has 0 aromatic heterocycles. The molecule has 0 unspecified atom stereocenters. The van der Waals surface area contributed by atoms with Crippen LogP contribution in [0.3, 0.4) is 0 Å². The average Bonchev–Trinajstić information content (AvgIpc) is 2.33. The first-order valence-electron chi connectivity index (χ1n) is 5.95. The highest BCUT2D eigenvalue weighted by molar-refractivity contribution is 5.81. The van der Waals surface area contributed by atoms with Crippen molar-refractivity contribution in [3.05, 3.63) is 35.9 Å². The van der Waals surface area contributed by atoms with Gasteiger partial charge in [0.1, 0.15) is 6.04 Å². The molecular weight excluding hydrogens is 216 g/mol. The van der Waals surface area contributed by atoms with Gasteiger partial charge in [-0.2, -0.15) is 0 Å². The number of likely N-dealkylation sites (tertiary alicyclic amines) is 1. The molecule has 1 fully saturated rings. The number of primary amides is 1. The van der Waals surface area contributed by atoms with Crippen LogP contribution >= 0.6 is 0 Å². The Balaban J connectivity index is 2.16.